The summed E-state index contributed by atoms with van der Waals surface area (Å²) < 4.78 is 18.2. The van der Waals surface area contributed by atoms with Gasteiger partial charge in [0.15, 0.2) is 0 Å². The van der Waals surface area contributed by atoms with Crippen LogP contribution in [0, 0.1) is 17.3 Å². The molecule has 1 saturated heterocycles. The number of carbonyl (C=O) groups excluding carboxylic acids is 6. The number of hydrogen-bond donors (Lipinski definition) is 8. The molecule has 1 aliphatic heterocycles. The van der Waals surface area contributed by atoms with Crippen molar-refractivity contribution >= 4 is 42.7 Å². The molecule has 2 bridgehead atoms. The summed E-state index contributed by atoms with van der Waals surface area (Å²) in [5.74, 6) is -3.71. The topological polar surface area (TPSA) is 263 Å². The van der Waals surface area contributed by atoms with Crippen LogP contribution in [0.1, 0.15) is 105 Å². The number of aliphatic hydroxyl groups is 1. The van der Waals surface area contributed by atoms with Crippen LogP contribution in [0.2, 0.25) is 0 Å². The van der Waals surface area contributed by atoms with Gasteiger partial charge >= 0.3 is 13.2 Å². The molecule has 1 heterocycles. The van der Waals surface area contributed by atoms with Gasteiger partial charge in [0.2, 0.25) is 29.5 Å². The summed E-state index contributed by atoms with van der Waals surface area (Å²) in [4.78, 5) is 79.0. The number of unbranched alkanes of at least 4 members (excludes halogenated alkanes) is 2. The van der Waals surface area contributed by atoms with Gasteiger partial charge in [-0.1, -0.05) is 63.6 Å². The Morgan fingerprint density at radius 3 is 2.05 bits per heavy atom. The quantitative estimate of drug-likeness (QED) is 0.0630. The number of aliphatic hydroxyl groups excluding tert-OH is 1. The van der Waals surface area contributed by atoms with E-state index in [1.807, 2.05) is 24.3 Å². The zero-order valence-corrected chi connectivity index (χ0v) is 38.2. The highest BCUT2D eigenvalue weighted by atomic mass is 16.7. The molecule has 1 unspecified atom stereocenters. The number of amides is 6. The molecular weight excluding hydrogens is 821 g/mol. The number of ether oxygens (including phenoxy) is 1. The fourth-order valence-corrected chi connectivity index (χ4v) is 9.24. The van der Waals surface area contributed by atoms with E-state index in [0.29, 0.717) is 31.2 Å². The van der Waals surface area contributed by atoms with Gasteiger partial charge < -0.3 is 57.2 Å². The van der Waals surface area contributed by atoms with Crippen LogP contribution >= 0.6 is 0 Å². The van der Waals surface area contributed by atoms with Crippen LogP contribution in [0.5, 0.6) is 5.75 Å². The molecular formula is C46H68BN7O10. The minimum atomic E-state index is -1.56. The molecule has 3 aliphatic carbocycles. The highest BCUT2D eigenvalue weighted by Gasteiger charge is 2.68. The second kappa shape index (κ2) is 21.8. The fourth-order valence-electron chi connectivity index (χ4n) is 9.24. The first-order chi connectivity index (χ1) is 30.3. The van der Waals surface area contributed by atoms with Gasteiger partial charge in [0.05, 0.1) is 30.2 Å². The zero-order valence-electron chi connectivity index (χ0n) is 38.2. The van der Waals surface area contributed by atoms with Crippen LogP contribution in [0.3, 0.4) is 0 Å². The molecule has 0 radical (unpaired) electrons. The first kappa shape index (κ1) is 50.0. The second-order valence-corrected chi connectivity index (χ2v) is 18.5. The summed E-state index contributed by atoms with van der Waals surface area (Å²) >= 11 is 0. The zero-order chi connectivity index (χ0) is 46.9. The van der Waals surface area contributed by atoms with Gasteiger partial charge in [-0.25, -0.2) is 4.79 Å². The summed E-state index contributed by atoms with van der Waals surface area (Å²) in [6, 6.07) is 9.77. The molecule has 10 N–H and O–H groups in total. The lowest BCUT2D eigenvalue weighted by molar-refractivity contribution is -0.199. The van der Waals surface area contributed by atoms with Crippen molar-refractivity contribution in [1.82, 2.24) is 26.6 Å². The van der Waals surface area contributed by atoms with Crippen molar-refractivity contribution in [2.75, 3.05) is 6.54 Å². The van der Waals surface area contributed by atoms with Gasteiger partial charge in [-0.15, -0.1) is 0 Å². The average Bonchev–Trinajstić information content (AvgIpc) is 3.62. The van der Waals surface area contributed by atoms with E-state index in [1.54, 1.807) is 19.1 Å². The van der Waals surface area contributed by atoms with E-state index in [9.17, 15) is 33.9 Å². The first-order valence-electron chi connectivity index (χ1n) is 22.7. The lowest BCUT2D eigenvalue weighted by Gasteiger charge is -2.64. The number of aryl methyl sites for hydroxylation is 1. The molecule has 350 valence electrons. The van der Waals surface area contributed by atoms with Crippen molar-refractivity contribution in [3.8, 4) is 16.9 Å². The van der Waals surface area contributed by atoms with E-state index < -0.39 is 91.0 Å². The Bertz CT molecular complexity index is 1970. The molecule has 10 atom stereocenters. The van der Waals surface area contributed by atoms with Crippen LogP contribution in [0.4, 0.5) is 4.79 Å². The largest absolute Gasteiger partial charge is 0.481 e. The molecule has 2 aromatic rings. The predicted octanol–water partition coefficient (Wildman–Crippen LogP) is 2.78. The Morgan fingerprint density at radius 2 is 1.45 bits per heavy atom. The number of primary amides is 1. The molecule has 4 fully saturated rings. The van der Waals surface area contributed by atoms with Crippen LogP contribution in [0.15, 0.2) is 48.5 Å². The maximum Gasteiger partial charge on any atom is 0.481 e. The van der Waals surface area contributed by atoms with E-state index in [2.05, 4.69) is 66.4 Å². The van der Waals surface area contributed by atoms with Crippen LogP contribution in [-0.2, 0) is 39.7 Å². The number of carbonyl (C=O) groups is 6. The number of benzene rings is 2. The first-order valence-corrected chi connectivity index (χ1v) is 22.7. The van der Waals surface area contributed by atoms with Crippen molar-refractivity contribution in [1.29, 1.82) is 0 Å². The van der Waals surface area contributed by atoms with Crippen molar-refractivity contribution in [2.24, 2.45) is 28.7 Å². The summed E-state index contributed by atoms with van der Waals surface area (Å²) in [6.07, 6.45) is 3.28. The van der Waals surface area contributed by atoms with Crippen molar-refractivity contribution < 1.29 is 47.9 Å². The lowest BCUT2D eigenvalue weighted by Crippen LogP contribution is -2.65. The third-order valence-electron chi connectivity index (χ3n) is 13.3. The maximum atomic E-state index is 13.6. The smallest absolute Gasteiger partial charge is 0.410 e. The third-order valence-corrected chi connectivity index (χ3v) is 13.3. The minimum Gasteiger partial charge on any atom is -0.410 e. The van der Waals surface area contributed by atoms with Gasteiger partial charge in [0.25, 0.3) is 0 Å². The van der Waals surface area contributed by atoms with Gasteiger partial charge in [-0.2, -0.15) is 0 Å². The van der Waals surface area contributed by atoms with E-state index in [-0.39, 0.29) is 23.7 Å². The highest BCUT2D eigenvalue weighted by molar-refractivity contribution is 6.47. The number of hydrogen-bond acceptors (Lipinski definition) is 11. The summed E-state index contributed by atoms with van der Waals surface area (Å²) in [5, 5.41) is 23.3. The maximum absolute atomic E-state index is 13.6. The van der Waals surface area contributed by atoms with Gasteiger partial charge in [0, 0.05) is 0 Å². The minimum absolute atomic E-state index is 0.121. The molecule has 0 spiro atoms. The predicted molar refractivity (Wildman–Crippen MR) is 241 cm³/mol. The third kappa shape index (κ3) is 12.2. The molecule has 3 saturated carbocycles. The summed E-state index contributed by atoms with van der Waals surface area (Å²) in [7, 11) is -0.757. The van der Waals surface area contributed by atoms with Crippen molar-refractivity contribution in [3.05, 3.63) is 54.1 Å². The average molecular weight is 890 g/mol. The molecule has 64 heavy (non-hydrogen) atoms. The standard InChI is InChI=1S/C46H68BN7O10/c1-8-9-12-29-14-16-30(17-15-29)31-18-20-33(21-19-31)62-44(61)53-34(13-10-11-22-48)41(58)54-39(27(3)55)43(60)50-26(2)40(57)52-35(25-38(49)56)42(59)51-28(4)47-63-37-24-32-23-36(45(32,5)6)46(37,7)64-47/h14-21,26-28,32,34-37,39,55H,8-13,22-25,48H2,1-7H3,(H2,49,56)(H,50,60)(H,51,59)(H,52,57)(H,53,61)(H,54,58)/t26-,27+,28-,32-,34-,35-,36-,37?,39-,46-/m0/s1. The molecule has 6 amide bonds. The number of nitrogens with two attached hydrogens (primary N) is 2. The van der Waals surface area contributed by atoms with Crippen LogP contribution in [-0.4, -0.2) is 102 Å². The molecule has 4 aliphatic rings. The van der Waals surface area contributed by atoms with Crippen LogP contribution in [0.25, 0.3) is 11.1 Å². The van der Waals surface area contributed by atoms with E-state index >= 15 is 0 Å². The van der Waals surface area contributed by atoms with Gasteiger partial charge in [-0.05, 0) is 125 Å². The fraction of sp³-hybridized carbons (Fsp3) is 0.609. The van der Waals surface area contributed by atoms with Gasteiger partial charge in [0.1, 0.15) is 29.9 Å². The van der Waals surface area contributed by atoms with Crippen LogP contribution < -0.4 is 42.8 Å². The highest BCUT2D eigenvalue weighted by Crippen LogP contribution is 2.65. The number of nitrogens with one attached hydrogen (secondary N) is 5. The number of rotatable bonds is 22. The molecule has 2 aromatic carbocycles. The lowest BCUT2D eigenvalue weighted by atomic mass is 9.43. The summed E-state index contributed by atoms with van der Waals surface area (Å²) in [6.45, 7) is 13.4. The van der Waals surface area contributed by atoms with Crippen molar-refractivity contribution in [2.45, 2.75) is 154 Å². The SMILES string of the molecule is CCCCc1ccc(-c2ccc(OC(=O)N[C@@H](CCCCN)C(=O)N[C@H](C(=O)N[C@@H](C)C(=O)N[C@@H](CC(N)=O)C(=O)N[C@@H](C)B3OC4C[C@@H]5C[C@@H](C5(C)C)[C@]4(C)O3)[C@@H](C)O)cc2)cc1. The Kier molecular flexibility index (Phi) is 17.0. The van der Waals surface area contributed by atoms with Gasteiger partial charge in [-0.3, -0.25) is 24.0 Å². The second-order valence-electron chi connectivity index (χ2n) is 18.5. The summed E-state index contributed by atoms with van der Waals surface area (Å²) in [5.41, 5.74) is 13.9. The Labute approximate surface area is 376 Å². The normalized spacial score (nSPS) is 23.4. The molecule has 17 nitrogen and oxygen atoms in total. The molecule has 18 heteroatoms. The molecule has 0 aromatic heterocycles. The van der Waals surface area contributed by atoms with E-state index in [0.717, 1.165) is 43.2 Å². The monoisotopic (exact) mass is 890 g/mol. The van der Waals surface area contributed by atoms with Crippen molar-refractivity contribution in [3.63, 3.8) is 0 Å². The Hall–Kier alpha value is -5.04. The Morgan fingerprint density at radius 1 is 0.812 bits per heavy atom. The molecule has 6 rings (SSSR count). The Balaban J connectivity index is 1.14. The van der Waals surface area contributed by atoms with E-state index in [1.165, 1.54) is 19.4 Å². The van der Waals surface area contributed by atoms with E-state index in [4.69, 9.17) is 25.5 Å².